The fourth-order valence-corrected chi connectivity index (χ4v) is 5.27. The number of nitrogens with one attached hydrogen (secondary N) is 2. The van der Waals surface area contributed by atoms with Crippen molar-refractivity contribution in [3.8, 4) is 17.0 Å². The molecule has 1 aromatic heterocycles. The molecule has 4 atom stereocenters. The SMILES string of the molecule is CN(c1ccc(-c2ccc([C@H]3CCNC(=O)C3)cc2O)nn1)[C@@H]1C[C@H]2CC(F)(F)[C@@H](C1)N2. The number of fused-ring (bicyclic) bond motifs is 2. The minimum Gasteiger partial charge on any atom is -0.507 e. The van der Waals surface area contributed by atoms with Crippen molar-refractivity contribution in [2.24, 2.45) is 0 Å². The first-order chi connectivity index (χ1) is 15.3. The van der Waals surface area contributed by atoms with Crippen molar-refractivity contribution >= 4 is 11.7 Å². The maximum atomic E-state index is 14.0. The van der Waals surface area contributed by atoms with Gasteiger partial charge in [0.15, 0.2) is 5.82 Å². The van der Waals surface area contributed by atoms with Crippen LogP contribution in [0.4, 0.5) is 14.6 Å². The number of hydrogen-bond donors (Lipinski definition) is 3. The number of piperidine rings is 2. The van der Waals surface area contributed by atoms with Gasteiger partial charge in [-0.25, -0.2) is 8.78 Å². The van der Waals surface area contributed by atoms with Crippen molar-refractivity contribution in [1.82, 2.24) is 20.8 Å². The number of aromatic nitrogens is 2. The number of phenols is 1. The van der Waals surface area contributed by atoms with Crippen LogP contribution in [0.25, 0.3) is 11.3 Å². The van der Waals surface area contributed by atoms with Crippen LogP contribution in [0.2, 0.25) is 0 Å². The predicted molar refractivity (Wildman–Crippen MR) is 116 cm³/mol. The molecule has 3 fully saturated rings. The summed E-state index contributed by atoms with van der Waals surface area (Å²) in [6.07, 6.45) is 2.17. The van der Waals surface area contributed by atoms with E-state index in [9.17, 15) is 18.7 Å². The molecule has 0 radical (unpaired) electrons. The van der Waals surface area contributed by atoms with Gasteiger partial charge in [0, 0.05) is 44.1 Å². The van der Waals surface area contributed by atoms with E-state index in [1.54, 1.807) is 18.2 Å². The first kappa shape index (κ1) is 21.1. The van der Waals surface area contributed by atoms with Crippen LogP contribution in [0.3, 0.4) is 0 Å². The molecule has 7 nitrogen and oxygen atoms in total. The number of rotatable bonds is 4. The molecule has 170 valence electrons. The third-order valence-corrected chi connectivity index (χ3v) is 7.11. The third kappa shape index (κ3) is 3.90. The minimum absolute atomic E-state index is 0.0276. The van der Waals surface area contributed by atoms with Crippen LogP contribution in [-0.4, -0.2) is 58.9 Å². The molecule has 4 heterocycles. The van der Waals surface area contributed by atoms with Gasteiger partial charge in [0.1, 0.15) is 5.75 Å². The van der Waals surface area contributed by atoms with Crippen LogP contribution in [0.15, 0.2) is 30.3 Å². The monoisotopic (exact) mass is 443 g/mol. The van der Waals surface area contributed by atoms with Crippen molar-refractivity contribution in [3.05, 3.63) is 35.9 Å². The number of aromatic hydroxyl groups is 1. The highest BCUT2D eigenvalue weighted by atomic mass is 19.3. The topological polar surface area (TPSA) is 90.4 Å². The Kier molecular flexibility index (Phi) is 5.23. The number of carbonyl (C=O) groups excluding carboxylic acids is 1. The van der Waals surface area contributed by atoms with Gasteiger partial charge >= 0.3 is 0 Å². The second kappa shape index (κ2) is 7.95. The van der Waals surface area contributed by atoms with Crippen molar-refractivity contribution < 1.29 is 18.7 Å². The normalized spacial score (nSPS) is 28.9. The molecular weight excluding hydrogens is 416 g/mol. The Hall–Kier alpha value is -2.81. The van der Waals surface area contributed by atoms with E-state index in [0.717, 1.165) is 12.0 Å². The molecule has 0 spiro atoms. The summed E-state index contributed by atoms with van der Waals surface area (Å²) < 4.78 is 28.1. The number of amides is 1. The van der Waals surface area contributed by atoms with Crippen LogP contribution in [0.1, 0.15) is 43.6 Å². The van der Waals surface area contributed by atoms with Gasteiger partial charge < -0.3 is 20.6 Å². The maximum absolute atomic E-state index is 14.0. The molecule has 0 saturated carbocycles. The maximum Gasteiger partial charge on any atom is 0.264 e. The Bertz CT molecular complexity index is 1020. The van der Waals surface area contributed by atoms with E-state index in [-0.39, 0.29) is 36.1 Å². The molecule has 3 N–H and O–H groups in total. The fraction of sp³-hybridized carbons (Fsp3) is 0.522. The number of phenolic OH excluding ortho intramolecular Hbond substituents is 1. The Morgan fingerprint density at radius 3 is 2.72 bits per heavy atom. The van der Waals surface area contributed by atoms with Gasteiger partial charge in [-0.3, -0.25) is 4.79 Å². The second-order valence-corrected chi connectivity index (χ2v) is 9.21. The van der Waals surface area contributed by atoms with Crippen LogP contribution in [0.5, 0.6) is 5.75 Å². The van der Waals surface area contributed by atoms with Crippen LogP contribution in [0, 0.1) is 0 Å². The molecule has 1 amide bonds. The summed E-state index contributed by atoms with van der Waals surface area (Å²) >= 11 is 0. The summed E-state index contributed by atoms with van der Waals surface area (Å²) in [5.74, 6) is -1.81. The number of anilines is 1. The van der Waals surface area contributed by atoms with E-state index in [2.05, 4.69) is 20.8 Å². The van der Waals surface area contributed by atoms with E-state index in [0.29, 0.717) is 42.9 Å². The van der Waals surface area contributed by atoms with E-state index in [1.807, 2.05) is 24.1 Å². The molecule has 5 rings (SSSR count). The van der Waals surface area contributed by atoms with Gasteiger partial charge in [-0.2, -0.15) is 0 Å². The molecule has 3 aliphatic heterocycles. The largest absolute Gasteiger partial charge is 0.507 e. The quantitative estimate of drug-likeness (QED) is 0.673. The molecular formula is C23H27F2N5O2. The summed E-state index contributed by atoms with van der Waals surface area (Å²) in [5, 5.41) is 25.0. The van der Waals surface area contributed by atoms with Gasteiger partial charge in [0.25, 0.3) is 5.92 Å². The summed E-state index contributed by atoms with van der Waals surface area (Å²) in [6, 6.07) is 8.03. The number of benzene rings is 1. The predicted octanol–water partition coefficient (Wildman–Crippen LogP) is 2.81. The molecule has 3 saturated heterocycles. The Morgan fingerprint density at radius 2 is 2.03 bits per heavy atom. The van der Waals surface area contributed by atoms with Crippen LogP contribution in [-0.2, 0) is 4.79 Å². The lowest BCUT2D eigenvalue weighted by Crippen LogP contribution is -2.49. The van der Waals surface area contributed by atoms with Gasteiger partial charge in [-0.05, 0) is 55.0 Å². The lowest BCUT2D eigenvalue weighted by Gasteiger charge is -2.36. The van der Waals surface area contributed by atoms with E-state index < -0.39 is 12.0 Å². The highest BCUT2D eigenvalue weighted by Gasteiger charge is 2.53. The number of halogens is 2. The number of nitrogens with zero attached hydrogens (tertiary/aromatic N) is 3. The molecule has 1 aromatic carbocycles. The number of carbonyl (C=O) groups is 1. The zero-order valence-electron chi connectivity index (χ0n) is 17.9. The van der Waals surface area contributed by atoms with E-state index >= 15 is 0 Å². The highest BCUT2D eigenvalue weighted by molar-refractivity contribution is 5.78. The molecule has 2 bridgehead atoms. The summed E-state index contributed by atoms with van der Waals surface area (Å²) in [4.78, 5) is 13.6. The van der Waals surface area contributed by atoms with Crippen molar-refractivity contribution in [1.29, 1.82) is 0 Å². The summed E-state index contributed by atoms with van der Waals surface area (Å²) in [7, 11) is 1.86. The Labute approximate surface area is 185 Å². The average Bonchev–Trinajstić information content (AvgIpc) is 2.99. The molecule has 32 heavy (non-hydrogen) atoms. The van der Waals surface area contributed by atoms with E-state index in [4.69, 9.17) is 0 Å². The van der Waals surface area contributed by atoms with Gasteiger partial charge in [-0.1, -0.05) is 6.07 Å². The minimum atomic E-state index is -2.65. The average molecular weight is 443 g/mol. The molecule has 9 heteroatoms. The first-order valence-electron chi connectivity index (χ1n) is 11.1. The second-order valence-electron chi connectivity index (χ2n) is 9.21. The first-order valence-corrected chi connectivity index (χ1v) is 11.1. The zero-order valence-corrected chi connectivity index (χ0v) is 17.9. The fourth-order valence-electron chi connectivity index (χ4n) is 5.27. The molecule has 2 aromatic rings. The molecule has 0 unspecified atom stereocenters. The van der Waals surface area contributed by atoms with Gasteiger partial charge in [0.2, 0.25) is 5.91 Å². The number of hydrogen-bond acceptors (Lipinski definition) is 6. The zero-order chi connectivity index (χ0) is 22.5. The van der Waals surface area contributed by atoms with E-state index in [1.165, 1.54) is 0 Å². The van der Waals surface area contributed by atoms with Crippen molar-refractivity contribution in [3.63, 3.8) is 0 Å². The van der Waals surface area contributed by atoms with Crippen molar-refractivity contribution in [2.45, 2.75) is 62.1 Å². The Balaban J connectivity index is 1.30. The highest BCUT2D eigenvalue weighted by Crippen LogP contribution is 2.41. The van der Waals surface area contributed by atoms with Crippen LogP contribution < -0.4 is 15.5 Å². The smallest absolute Gasteiger partial charge is 0.264 e. The lowest BCUT2D eigenvalue weighted by atomic mass is 9.89. The third-order valence-electron chi connectivity index (χ3n) is 7.11. The molecule has 3 aliphatic rings. The number of alkyl halides is 2. The van der Waals surface area contributed by atoms with Crippen molar-refractivity contribution in [2.75, 3.05) is 18.5 Å². The Morgan fingerprint density at radius 1 is 1.19 bits per heavy atom. The standard InChI is InChI=1S/C23H27F2N5O2/c1-30(16-10-15-12-23(24,25)20(11-16)27-15)21-5-4-18(28-29-21)17-3-2-13(8-19(17)31)14-6-7-26-22(32)9-14/h2-5,8,14-16,20,27,31H,6-7,9-12H2,1H3,(H,26,32)/t14-,15-,16+,20+/m0/s1. The van der Waals surface area contributed by atoms with Crippen LogP contribution >= 0.6 is 0 Å². The summed E-state index contributed by atoms with van der Waals surface area (Å²) in [6.45, 7) is 0.642. The van der Waals surface area contributed by atoms with Gasteiger partial charge in [0.05, 0.1) is 11.7 Å². The molecule has 0 aliphatic carbocycles. The summed E-state index contributed by atoms with van der Waals surface area (Å²) in [5.41, 5.74) is 2.03. The lowest BCUT2D eigenvalue weighted by molar-refractivity contribution is -0.122. The van der Waals surface area contributed by atoms with Gasteiger partial charge in [-0.15, -0.1) is 10.2 Å².